The number of ether oxygens (including phenoxy) is 3. The molecule has 1 heterocycles. The summed E-state index contributed by atoms with van der Waals surface area (Å²) in [7, 11) is 3.78. The van der Waals surface area contributed by atoms with Crippen molar-refractivity contribution in [3.63, 3.8) is 0 Å². The predicted molar refractivity (Wildman–Crippen MR) is 110 cm³/mol. The number of nitrogens with one attached hydrogen (secondary N) is 1. The highest BCUT2D eigenvalue weighted by molar-refractivity contribution is 5.79. The molecule has 1 unspecified atom stereocenters. The maximum Gasteiger partial charge on any atom is 0.193 e. The van der Waals surface area contributed by atoms with Crippen LogP contribution in [0.25, 0.3) is 0 Å². The lowest BCUT2D eigenvalue weighted by atomic mass is 10.1. The zero-order valence-corrected chi connectivity index (χ0v) is 17.3. The SMILES string of the molecule is CCNC(=NCCCc1ccc(OC)c(OCC)c1)N(C)CC1CCOC1. The van der Waals surface area contributed by atoms with E-state index in [2.05, 4.69) is 36.3 Å². The summed E-state index contributed by atoms with van der Waals surface area (Å²) >= 11 is 0. The van der Waals surface area contributed by atoms with Crippen LogP contribution >= 0.6 is 0 Å². The maximum atomic E-state index is 5.66. The molecule has 1 aromatic rings. The molecule has 1 N–H and O–H groups in total. The fourth-order valence-corrected chi connectivity index (χ4v) is 3.28. The number of benzene rings is 1. The lowest BCUT2D eigenvalue weighted by Crippen LogP contribution is -2.41. The van der Waals surface area contributed by atoms with Crippen LogP contribution in [0.15, 0.2) is 23.2 Å². The molecule has 0 radical (unpaired) electrons. The van der Waals surface area contributed by atoms with Crippen LogP contribution in [0.1, 0.15) is 32.3 Å². The number of rotatable bonds is 10. The Bertz CT molecular complexity index is 586. The van der Waals surface area contributed by atoms with Gasteiger partial charge in [-0.25, -0.2) is 0 Å². The molecule has 6 heteroatoms. The molecule has 1 atom stereocenters. The van der Waals surface area contributed by atoms with E-state index >= 15 is 0 Å². The molecule has 1 saturated heterocycles. The van der Waals surface area contributed by atoms with E-state index in [9.17, 15) is 0 Å². The molecule has 1 aromatic carbocycles. The number of guanidine groups is 1. The van der Waals surface area contributed by atoms with Crippen LogP contribution < -0.4 is 14.8 Å². The first-order valence-electron chi connectivity index (χ1n) is 10.0. The normalized spacial score (nSPS) is 17.0. The Hall–Kier alpha value is -1.95. The van der Waals surface area contributed by atoms with Gasteiger partial charge < -0.3 is 24.4 Å². The van der Waals surface area contributed by atoms with Crippen molar-refractivity contribution in [3.05, 3.63) is 23.8 Å². The Morgan fingerprint density at radius 1 is 1.33 bits per heavy atom. The summed E-state index contributed by atoms with van der Waals surface area (Å²) < 4.78 is 16.5. The first kappa shape index (κ1) is 21.4. The molecule has 6 nitrogen and oxygen atoms in total. The molecule has 2 rings (SSSR count). The minimum atomic E-state index is 0.607. The van der Waals surface area contributed by atoms with Crippen LogP contribution in [-0.4, -0.2) is 64.5 Å². The molecule has 0 aliphatic carbocycles. The summed E-state index contributed by atoms with van der Waals surface area (Å²) in [5.74, 6) is 3.18. The number of aliphatic imine (C=N–C) groups is 1. The average Bonchev–Trinajstić information content (AvgIpc) is 3.17. The minimum Gasteiger partial charge on any atom is -0.493 e. The molecule has 0 aromatic heterocycles. The van der Waals surface area contributed by atoms with Crippen LogP contribution in [-0.2, 0) is 11.2 Å². The molecule has 1 fully saturated rings. The summed E-state index contributed by atoms with van der Waals surface area (Å²) in [4.78, 5) is 7.02. The van der Waals surface area contributed by atoms with E-state index in [1.54, 1.807) is 7.11 Å². The number of methoxy groups -OCH3 is 1. The van der Waals surface area contributed by atoms with Crippen molar-refractivity contribution in [2.75, 3.05) is 53.6 Å². The van der Waals surface area contributed by atoms with Gasteiger partial charge in [0.15, 0.2) is 17.5 Å². The largest absolute Gasteiger partial charge is 0.493 e. The zero-order valence-electron chi connectivity index (χ0n) is 17.3. The van der Waals surface area contributed by atoms with Crippen molar-refractivity contribution in [2.24, 2.45) is 10.9 Å². The highest BCUT2D eigenvalue weighted by Gasteiger charge is 2.18. The Morgan fingerprint density at radius 2 is 2.19 bits per heavy atom. The molecule has 27 heavy (non-hydrogen) atoms. The third kappa shape index (κ3) is 6.94. The third-order valence-corrected chi connectivity index (χ3v) is 4.67. The molecule has 152 valence electrons. The van der Waals surface area contributed by atoms with Gasteiger partial charge in [0.1, 0.15) is 0 Å². The topological polar surface area (TPSA) is 55.3 Å². The number of aryl methyl sites for hydroxylation is 1. The minimum absolute atomic E-state index is 0.607. The number of hydrogen-bond acceptors (Lipinski definition) is 4. The zero-order chi connectivity index (χ0) is 19.5. The first-order valence-corrected chi connectivity index (χ1v) is 10.0. The lowest BCUT2D eigenvalue weighted by molar-refractivity contribution is 0.181. The van der Waals surface area contributed by atoms with Crippen LogP contribution in [0.4, 0.5) is 0 Å². The van der Waals surface area contributed by atoms with Crippen molar-refractivity contribution in [1.29, 1.82) is 0 Å². The Morgan fingerprint density at radius 3 is 2.85 bits per heavy atom. The van der Waals surface area contributed by atoms with E-state index in [0.717, 1.165) is 69.6 Å². The Labute approximate surface area is 163 Å². The summed E-state index contributed by atoms with van der Waals surface area (Å²) in [5.41, 5.74) is 1.25. The molecule has 1 aliphatic heterocycles. The van der Waals surface area contributed by atoms with E-state index in [0.29, 0.717) is 12.5 Å². The van der Waals surface area contributed by atoms with Crippen LogP contribution in [0.2, 0.25) is 0 Å². The number of nitrogens with zero attached hydrogens (tertiary/aromatic N) is 2. The smallest absolute Gasteiger partial charge is 0.193 e. The molecular formula is C21H35N3O3. The van der Waals surface area contributed by atoms with Crippen molar-refractivity contribution in [2.45, 2.75) is 33.1 Å². The van der Waals surface area contributed by atoms with Gasteiger partial charge >= 0.3 is 0 Å². The van der Waals surface area contributed by atoms with E-state index in [1.165, 1.54) is 5.56 Å². The fraction of sp³-hybridized carbons (Fsp3) is 0.667. The summed E-state index contributed by atoms with van der Waals surface area (Å²) in [6, 6.07) is 6.15. The Kier molecular flexibility index (Phi) is 9.25. The third-order valence-electron chi connectivity index (χ3n) is 4.67. The van der Waals surface area contributed by atoms with Crippen LogP contribution in [0.3, 0.4) is 0 Å². The summed E-state index contributed by atoms with van der Waals surface area (Å²) in [6.45, 7) is 9.13. The summed E-state index contributed by atoms with van der Waals surface area (Å²) in [6.07, 6.45) is 3.10. The van der Waals surface area contributed by atoms with Crippen molar-refractivity contribution >= 4 is 5.96 Å². The van der Waals surface area contributed by atoms with E-state index in [1.807, 2.05) is 13.0 Å². The van der Waals surface area contributed by atoms with Gasteiger partial charge in [0.05, 0.1) is 20.3 Å². The van der Waals surface area contributed by atoms with Gasteiger partial charge in [0.25, 0.3) is 0 Å². The van der Waals surface area contributed by atoms with Gasteiger partial charge in [0, 0.05) is 39.2 Å². The molecule has 0 bridgehead atoms. The molecule has 1 aliphatic rings. The van der Waals surface area contributed by atoms with Crippen molar-refractivity contribution < 1.29 is 14.2 Å². The fourth-order valence-electron chi connectivity index (χ4n) is 3.28. The Balaban J connectivity index is 1.86. The molecular weight excluding hydrogens is 342 g/mol. The standard InChI is InChI=1S/C21H35N3O3/c1-5-22-21(24(3)15-18-11-13-26-16-18)23-12-7-8-17-9-10-19(25-4)20(14-17)27-6-2/h9-10,14,18H,5-8,11-13,15-16H2,1-4H3,(H,22,23). The van der Waals surface area contributed by atoms with E-state index in [4.69, 9.17) is 19.2 Å². The predicted octanol–water partition coefficient (Wildman–Crippen LogP) is 2.96. The van der Waals surface area contributed by atoms with Gasteiger partial charge in [-0.05, 0) is 50.8 Å². The van der Waals surface area contributed by atoms with Gasteiger partial charge in [-0.15, -0.1) is 0 Å². The van der Waals surface area contributed by atoms with E-state index < -0.39 is 0 Å². The van der Waals surface area contributed by atoms with Gasteiger partial charge in [0.2, 0.25) is 0 Å². The highest BCUT2D eigenvalue weighted by Crippen LogP contribution is 2.28. The van der Waals surface area contributed by atoms with Crippen molar-refractivity contribution in [1.82, 2.24) is 10.2 Å². The van der Waals surface area contributed by atoms with Crippen LogP contribution in [0, 0.1) is 5.92 Å². The molecule has 0 saturated carbocycles. The number of hydrogen-bond donors (Lipinski definition) is 1. The highest BCUT2D eigenvalue weighted by atomic mass is 16.5. The maximum absolute atomic E-state index is 5.66. The average molecular weight is 378 g/mol. The second kappa shape index (κ2) is 11.7. The van der Waals surface area contributed by atoms with Crippen LogP contribution in [0.5, 0.6) is 11.5 Å². The van der Waals surface area contributed by atoms with Gasteiger partial charge in [-0.3, -0.25) is 4.99 Å². The second-order valence-corrected chi connectivity index (χ2v) is 6.87. The van der Waals surface area contributed by atoms with E-state index in [-0.39, 0.29) is 0 Å². The summed E-state index contributed by atoms with van der Waals surface area (Å²) in [5, 5.41) is 3.39. The van der Waals surface area contributed by atoms with Crippen molar-refractivity contribution in [3.8, 4) is 11.5 Å². The molecule has 0 amide bonds. The second-order valence-electron chi connectivity index (χ2n) is 6.87. The van der Waals surface area contributed by atoms with Gasteiger partial charge in [-0.1, -0.05) is 6.07 Å². The quantitative estimate of drug-likeness (QED) is 0.386. The monoisotopic (exact) mass is 377 g/mol. The lowest BCUT2D eigenvalue weighted by Gasteiger charge is -2.24. The van der Waals surface area contributed by atoms with Gasteiger partial charge in [-0.2, -0.15) is 0 Å². The first-order chi connectivity index (χ1) is 13.2. The molecule has 0 spiro atoms.